The van der Waals surface area contributed by atoms with Crippen LogP contribution in [0, 0.1) is 0 Å². The molecule has 2 N–H and O–H groups in total. The second-order valence-corrected chi connectivity index (χ2v) is 6.60. The molecule has 0 bridgehead atoms. The Morgan fingerprint density at radius 3 is 2.48 bits per heavy atom. The van der Waals surface area contributed by atoms with Crippen molar-refractivity contribution in [2.75, 3.05) is 12.8 Å². The van der Waals surface area contributed by atoms with Crippen molar-refractivity contribution in [2.24, 2.45) is 0 Å². The molecular weight excluding hydrogens is 391 g/mol. The summed E-state index contributed by atoms with van der Waals surface area (Å²) in [5.41, 5.74) is 3.96. The van der Waals surface area contributed by atoms with Gasteiger partial charge in [0.15, 0.2) is 5.15 Å². The Hall–Kier alpha value is -1.59. The zero-order valence-electron chi connectivity index (χ0n) is 12.9. The van der Waals surface area contributed by atoms with Crippen LogP contribution in [-0.2, 0) is 17.5 Å². The number of aromatic nitrogens is 3. The van der Waals surface area contributed by atoms with Crippen LogP contribution in [-0.4, -0.2) is 27.1 Å². The van der Waals surface area contributed by atoms with Gasteiger partial charge in [-0.25, -0.2) is 9.67 Å². The largest absolute Gasteiger partial charge is 0.418 e. The van der Waals surface area contributed by atoms with Crippen LogP contribution in [0.25, 0.3) is 5.69 Å². The molecule has 0 aliphatic heterocycles. The summed E-state index contributed by atoms with van der Waals surface area (Å²) in [6.45, 7) is 0.401. The van der Waals surface area contributed by atoms with Gasteiger partial charge in [-0.15, -0.1) is 0 Å². The lowest BCUT2D eigenvalue weighted by Crippen LogP contribution is -2.14. The maximum Gasteiger partial charge on any atom is 0.418 e. The van der Waals surface area contributed by atoms with E-state index in [-0.39, 0.29) is 29.0 Å². The predicted molar refractivity (Wildman–Crippen MR) is 83.0 cm³/mol. The molecule has 0 atom stereocenters. The standard InChI is InChI=1S/C13H12ClF5N4OS/c1-12(15,16)25-9-7(5-24-2)22-23(11(9)20)8-6(13(17,18)19)3-4-21-10(8)14/h3-4H,5,20H2,1-2H3. The highest BCUT2D eigenvalue weighted by Crippen LogP contribution is 2.43. The van der Waals surface area contributed by atoms with E-state index in [0.717, 1.165) is 6.20 Å². The van der Waals surface area contributed by atoms with Crippen molar-refractivity contribution < 1.29 is 26.7 Å². The van der Waals surface area contributed by atoms with Gasteiger partial charge in [-0.1, -0.05) is 11.6 Å². The van der Waals surface area contributed by atoms with Gasteiger partial charge in [0.25, 0.3) is 5.25 Å². The lowest BCUT2D eigenvalue weighted by atomic mass is 10.2. The molecule has 12 heteroatoms. The second kappa shape index (κ2) is 6.96. The van der Waals surface area contributed by atoms with Gasteiger partial charge >= 0.3 is 6.18 Å². The third kappa shape index (κ3) is 4.33. The molecule has 2 heterocycles. The van der Waals surface area contributed by atoms with Gasteiger partial charge in [-0.3, -0.25) is 0 Å². The van der Waals surface area contributed by atoms with E-state index in [1.165, 1.54) is 7.11 Å². The number of ether oxygens (including phenoxy) is 1. The molecule has 0 fully saturated rings. The molecule has 0 spiro atoms. The van der Waals surface area contributed by atoms with Crippen LogP contribution in [0.2, 0.25) is 5.15 Å². The molecule has 5 nitrogen and oxygen atoms in total. The fourth-order valence-electron chi connectivity index (χ4n) is 2.01. The quantitative estimate of drug-likeness (QED) is 0.457. The van der Waals surface area contributed by atoms with Gasteiger partial charge in [0.2, 0.25) is 0 Å². The summed E-state index contributed by atoms with van der Waals surface area (Å²) in [5, 5.41) is 0.130. The fourth-order valence-corrected chi connectivity index (χ4v) is 3.02. The molecule has 0 radical (unpaired) electrons. The summed E-state index contributed by atoms with van der Waals surface area (Å²) in [4.78, 5) is 3.40. The number of hydrogen-bond acceptors (Lipinski definition) is 5. The number of halogens is 6. The van der Waals surface area contributed by atoms with Crippen LogP contribution in [0.15, 0.2) is 17.2 Å². The van der Waals surface area contributed by atoms with Gasteiger partial charge in [0.1, 0.15) is 17.2 Å². The number of methoxy groups -OCH3 is 1. The molecule has 2 aromatic heterocycles. The van der Waals surface area contributed by atoms with Crippen LogP contribution >= 0.6 is 23.4 Å². The highest BCUT2D eigenvalue weighted by molar-refractivity contribution is 8.00. The molecule has 138 valence electrons. The second-order valence-electron chi connectivity index (χ2n) is 4.91. The summed E-state index contributed by atoms with van der Waals surface area (Å²) in [7, 11) is 1.28. The zero-order valence-corrected chi connectivity index (χ0v) is 14.4. The lowest BCUT2D eigenvalue weighted by Gasteiger charge is -2.15. The van der Waals surface area contributed by atoms with Crippen LogP contribution in [0.4, 0.5) is 27.8 Å². The summed E-state index contributed by atoms with van der Waals surface area (Å²) in [6, 6.07) is 0.694. The Balaban J connectivity index is 2.71. The first-order chi connectivity index (χ1) is 11.5. The van der Waals surface area contributed by atoms with E-state index in [1.807, 2.05) is 0 Å². The Kier molecular flexibility index (Phi) is 5.50. The van der Waals surface area contributed by atoms with E-state index in [2.05, 4.69) is 10.1 Å². The Morgan fingerprint density at radius 2 is 1.96 bits per heavy atom. The third-order valence-electron chi connectivity index (χ3n) is 2.90. The highest BCUT2D eigenvalue weighted by atomic mass is 35.5. The fraction of sp³-hybridized carbons (Fsp3) is 0.385. The molecule has 0 unspecified atom stereocenters. The Labute approximate surface area is 148 Å². The van der Waals surface area contributed by atoms with E-state index in [1.54, 1.807) is 0 Å². The minimum absolute atomic E-state index is 0.0421. The molecule has 0 amide bonds. The summed E-state index contributed by atoms with van der Waals surface area (Å²) in [5.74, 6) is -0.418. The van der Waals surface area contributed by atoms with Gasteiger partial charge in [-0.05, 0) is 17.8 Å². The van der Waals surface area contributed by atoms with Crippen molar-refractivity contribution in [3.05, 3.63) is 28.7 Å². The first-order valence-corrected chi connectivity index (χ1v) is 7.80. The summed E-state index contributed by atoms with van der Waals surface area (Å²) < 4.78 is 72.0. The van der Waals surface area contributed by atoms with Gasteiger partial charge < -0.3 is 10.5 Å². The van der Waals surface area contributed by atoms with Crippen molar-refractivity contribution in [1.29, 1.82) is 0 Å². The number of alkyl halides is 5. The van der Waals surface area contributed by atoms with Crippen LogP contribution < -0.4 is 5.73 Å². The molecule has 0 aliphatic carbocycles. The van der Waals surface area contributed by atoms with Gasteiger partial charge in [-0.2, -0.15) is 27.1 Å². The van der Waals surface area contributed by atoms with Gasteiger partial charge in [0.05, 0.1) is 17.1 Å². The Morgan fingerprint density at radius 1 is 1.32 bits per heavy atom. The normalized spacial score (nSPS) is 12.6. The number of anilines is 1. The number of thioether (sulfide) groups is 1. The van der Waals surface area contributed by atoms with Crippen molar-refractivity contribution >= 4 is 29.2 Å². The molecule has 25 heavy (non-hydrogen) atoms. The number of nitrogen functional groups attached to an aromatic ring is 1. The lowest BCUT2D eigenvalue weighted by molar-refractivity contribution is -0.137. The Bertz CT molecular complexity index is 775. The maximum atomic E-state index is 13.4. The predicted octanol–water partition coefficient (Wildman–Crippen LogP) is 4.37. The van der Waals surface area contributed by atoms with Crippen molar-refractivity contribution in [3.63, 3.8) is 0 Å². The van der Waals surface area contributed by atoms with Gasteiger partial charge in [0, 0.05) is 20.2 Å². The van der Waals surface area contributed by atoms with E-state index in [4.69, 9.17) is 22.1 Å². The third-order valence-corrected chi connectivity index (χ3v) is 4.19. The minimum atomic E-state index is -4.77. The number of rotatable bonds is 5. The van der Waals surface area contributed by atoms with E-state index in [9.17, 15) is 22.0 Å². The van der Waals surface area contributed by atoms with Crippen LogP contribution in [0.5, 0.6) is 0 Å². The smallest absolute Gasteiger partial charge is 0.383 e. The SMILES string of the molecule is COCc1nn(-c2c(C(F)(F)F)ccnc2Cl)c(N)c1SC(C)(F)F. The zero-order chi connectivity index (χ0) is 19.0. The average Bonchev–Trinajstić information content (AvgIpc) is 2.74. The minimum Gasteiger partial charge on any atom is -0.383 e. The van der Waals surface area contributed by atoms with Crippen molar-refractivity contribution in [1.82, 2.24) is 14.8 Å². The monoisotopic (exact) mass is 402 g/mol. The van der Waals surface area contributed by atoms with Crippen molar-refractivity contribution in [3.8, 4) is 5.69 Å². The van der Waals surface area contributed by atoms with E-state index >= 15 is 0 Å². The van der Waals surface area contributed by atoms with E-state index < -0.39 is 33.7 Å². The average molecular weight is 403 g/mol. The van der Waals surface area contributed by atoms with Crippen molar-refractivity contribution in [2.45, 2.75) is 29.9 Å². The molecule has 0 aromatic carbocycles. The number of nitrogens with zero attached hydrogens (tertiary/aromatic N) is 3. The summed E-state index contributed by atoms with van der Waals surface area (Å²) >= 11 is 5.86. The van der Waals surface area contributed by atoms with Crippen LogP contribution in [0.3, 0.4) is 0 Å². The topological polar surface area (TPSA) is 66.0 Å². The molecule has 2 aromatic rings. The molecule has 0 saturated heterocycles. The number of hydrogen-bond donors (Lipinski definition) is 1. The number of pyridine rings is 1. The molecule has 0 aliphatic rings. The highest BCUT2D eigenvalue weighted by Gasteiger charge is 2.37. The molecule has 2 rings (SSSR count). The summed E-state index contributed by atoms with van der Waals surface area (Å²) in [6.07, 6.45) is -3.90. The van der Waals surface area contributed by atoms with E-state index in [0.29, 0.717) is 17.7 Å². The molecular formula is C13H12ClF5N4OS. The first-order valence-electron chi connectivity index (χ1n) is 6.61. The van der Waals surface area contributed by atoms with Crippen LogP contribution in [0.1, 0.15) is 18.2 Å². The molecule has 0 saturated carbocycles. The number of nitrogens with two attached hydrogens (primary N) is 1. The maximum absolute atomic E-state index is 13.4. The first kappa shape index (κ1) is 19.7.